The van der Waals surface area contributed by atoms with Crippen molar-refractivity contribution in [2.75, 3.05) is 13.2 Å². The second-order valence-electron chi connectivity index (χ2n) is 5.79. The summed E-state index contributed by atoms with van der Waals surface area (Å²) in [6.45, 7) is 3.03. The molecule has 1 aliphatic heterocycles. The molecule has 1 atom stereocenters. The fourth-order valence-corrected chi connectivity index (χ4v) is 2.93. The largest absolute Gasteiger partial charge is 0.489 e. The Morgan fingerprint density at radius 1 is 1.17 bits per heavy atom. The van der Waals surface area contributed by atoms with Crippen LogP contribution < -0.4 is 10.1 Å². The van der Waals surface area contributed by atoms with Crippen molar-refractivity contribution in [3.63, 3.8) is 0 Å². The molecule has 2 aromatic carbocycles. The predicted molar refractivity (Wildman–Crippen MR) is 92.9 cm³/mol. The summed E-state index contributed by atoms with van der Waals surface area (Å²) in [5.41, 5.74) is 2.23. The Morgan fingerprint density at radius 2 is 2.04 bits per heavy atom. The molecule has 0 radical (unpaired) electrons. The van der Waals surface area contributed by atoms with Crippen molar-refractivity contribution in [2.24, 2.45) is 0 Å². The van der Waals surface area contributed by atoms with Crippen LogP contribution in [-0.4, -0.2) is 19.3 Å². The minimum absolute atomic E-state index is 0.336. The van der Waals surface area contributed by atoms with Crippen molar-refractivity contribution in [2.45, 2.75) is 32.1 Å². The summed E-state index contributed by atoms with van der Waals surface area (Å²) in [7, 11) is 0. The van der Waals surface area contributed by atoms with Gasteiger partial charge < -0.3 is 14.8 Å². The first kappa shape index (κ1) is 16.3. The number of rotatable bonds is 7. The van der Waals surface area contributed by atoms with Gasteiger partial charge in [-0.3, -0.25) is 0 Å². The zero-order valence-electron chi connectivity index (χ0n) is 13.1. The lowest BCUT2D eigenvalue weighted by molar-refractivity contribution is 0.110. The number of benzene rings is 2. The van der Waals surface area contributed by atoms with Gasteiger partial charge in [-0.05, 0) is 36.6 Å². The standard InChI is InChI=1S/C19H22ClNO2/c20-17-8-9-19(23-14-15-5-2-1-3-6-15)16(11-17)12-21-13-18-7-4-10-22-18/h1-3,5-6,8-9,11,18,21H,4,7,10,12-14H2. The van der Waals surface area contributed by atoms with E-state index in [1.54, 1.807) is 0 Å². The monoisotopic (exact) mass is 331 g/mol. The van der Waals surface area contributed by atoms with E-state index >= 15 is 0 Å². The molecule has 1 unspecified atom stereocenters. The van der Waals surface area contributed by atoms with Crippen LogP contribution in [0.3, 0.4) is 0 Å². The molecular formula is C19H22ClNO2. The summed E-state index contributed by atoms with van der Waals surface area (Å²) >= 11 is 6.13. The molecule has 0 aromatic heterocycles. The van der Waals surface area contributed by atoms with E-state index in [1.807, 2.05) is 36.4 Å². The molecule has 122 valence electrons. The minimum atomic E-state index is 0.336. The molecule has 1 N–H and O–H groups in total. The summed E-state index contributed by atoms with van der Waals surface area (Å²) in [5, 5.41) is 4.17. The summed E-state index contributed by atoms with van der Waals surface area (Å²) in [6.07, 6.45) is 2.64. The first-order valence-corrected chi connectivity index (χ1v) is 8.46. The van der Waals surface area contributed by atoms with Gasteiger partial charge >= 0.3 is 0 Å². The minimum Gasteiger partial charge on any atom is -0.489 e. The van der Waals surface area contributed by atoms with Crippen LogP contribution in [0.1, 0.15) is 24.0 Å². The fraction of sp³-hybridized carbons (Fsp3) is 0.368. The normalized spacial score (nSPS) is 17.3. The van der Waals surface area contributed by atoms with E-state index in [-0.39, 0.29) is 0 Å². The Morgan fingerprint density at radius 3 is 2.83 bits per heavy atom. The van der Waals surface area contributed by atoms with Crippen molar-refractivity contribution in [1.82, 2.24) is 5.32 Å². The maximum absolute atomic E-state index is 6.13. The summed E-state index contributed by atoms with van der Waals surface area (Å²) in [4.78, 5) is 0. The summed E-state index contributed by atoms with van der Waals surface area (Å²) < 4.78 is 11.6. The Bertz CT molecular complexity index is 612. The van der Waals surface area contributed by atoms with Gasteiger partial charge in [-0.15, -0.1) is 0 Å². The van der Waals surface area contributed by atoms with Crippen molar-refractivity contribution in [1.29, 1.82) is 0 Å². The lowest BCUT2D eigenvalue weighted by atomic mass is 10.2. The SMILES string of the molecule is Clc1ccc(OCc2ccccc2)c(CNCC2CCCO2)c1. The van der Waals surface area contributed by atoms with Crippen molar-refractivity contribution in [3.8, 4) is 5.75 Å². The van der Waals surface area contributed by atoms with Gasteiger partial charge in [0.2, 0.25) is 0 Å². The quantitative estimate of drug-likeness (QED) is 0.825. The highest BCUT2D eigenvalue weighted by Gasteiger charge is 2.15. The van der Waals surface area contributed by atoms with Gasteiger partial charge in [0.25, 0.3) is 0 Å². The van der Waals surface area contributed by atoms with Gasteiger partial charge in [0, 0.05) is 30.3 Å². The van der Waals surface area contributed by atoms with Gasteiger partial charge in [0.05, 0.1) is 6.10 Å². The van der Waals surface area contributed by atoms with Crippen LogP contribution in [-0.2, 0) is 17.9 Å². The van der Waals surface area contributed by atoms with Gasteiger partial charge in [-0.2, -0.15) is 0 Å². The number of ether oxygens (including phenoxy) is 2. The van der Waals surface area contributed by atoms with Gasteiger partial charge in [0.1, 0.15) is 12.4 Å². The molecule has 2 aromatic rings. The molecule has 0 bridgehead atoms. The Hall–Kier alpha value is -1.55. The molecule has 0 saturated carbocycles. The lowest BCUT2D eigenvalue weighted by Crippen LogP contribution is -2.26. The van der Waals surface area contributed by atoms with Crippen LogP contribution in [0, 0.1) is 0 Å². The van der Waals surface area contributed by atoms with Crippen LogP contribution in [0.4, 0.5) is 0 Å². The number of hydrogen-bond donors (Lipinski definition) is 1. The van der Waals surface area contributed by atoms with E-state index in [2.05, 4.69) is 17.4 Å². The summed E-state index contributed by atoms with van der Waals surface area (Å²) in [5.74, 6) is 0.873. The van der Waals surface area contributed by atoms with E-state index in [0.29, 0.717) is 12.7 Å². The molecule has 3 nitrogen and oxygen atoms in total. The third kappa shape index (κ3) is 4.96. The first-order valence-electron chi connectivity index (χ1n) is 8.09. The van der Waals surface area contributed by atoms with Crippen LogP contribution in [0.5, 0.6) is 5.75 Å². The third-order valence-electron chi connectivity index (χ3n) is 3.97. The summed E-state index contributed by atoms with van der Waals surface area (Å²) in [6, 6.07) is 15.9. The number of halogens is 1. The van der Waals surface area contributed by atoms with Gasteiger partial charge in [0.15, 0.2) is 0 Å². The van der Waals surface area contributed by atoms with E-state index in [9.17, 15) is 0 Å². The predicted octanol–water partition coefficient (Wildman–Crippen LogP) is 4.19. The Labute approximate surface area is 142 Å². The van der Waals surface area contributed by atoms with Crippen LogP contribution in [0.2, 0.25) is 5.02 Å². The van der Waals surface area contributed by atoms with E-state index in [4.69, 9.17) is 21.1 Å². The molecule has 0 amide bonds. The molecule has 0 spiro atoms. The Kier molecular flexibility index (Phi) is 5.92. The molecule has 23 heavy (non-hydrogen) atoms. The average Bonchev–Trinajstić information content (AvgIpc) is 3.08. The molecular weight excluding hydrogens is 310 g/mol. The zero-order valence-corrected chi connectivity index (χ0v) is 13.9. The fourth-order valence-electron chi connectivity index (χ4n) is 2.74. The second-order valence-corrected chi connectivity index (χ2v) is 6.23. The van der Waals surface area contributed by atoms with Gasteiger partial charge in [-0.25, -0.2) is 0 Å². The van der Waals surface area contributed by atoms with Gasteiger partial charge in [-0.1, -0.05) is 41.9 Å². The van der Waals surface area contributed by atoms with Crippen LogP contribution >= 0.6 is 11.6 Å². The van der Waals surface area contributed by atoms with Crippen molar-refractivity contribution >= 4 is 11.6 Å². The lowest BCUT2D eigenvalue weighted by Gasteiger charge is -2.14. The van der Waals surface area contributed by atoms with Crippen molar-refractivity contribution in [3.05, 3.63) is 64.7 Å². The molecule has 1 aliphatic rings. The average molecular weight is 332 g/mol. The molecule has 4 heteroatoms. The number of nitrogens with one attached hydrogen (secondary N) is 1. The topological polar surface area (TPSA) is 30.5 Å². The highest BCUT2D eigenvalue weighted by atomic mass is 35.5. The molecule has 1 heterocycles. The second kappa shape index (κ2) is 8.34. The van der Waals surface area contributed by atoms with Crippen LogP contribution in [0.25, 0.3) is 0 Å². The van der Waals surface area contributed by atoms with E-state index < -0.39 is 0 Å². The highest BCUT2D eigenvalue weighted by molar-refractivity contribution is 6.30. The maximum Gasteiger partial charge on any atom is 0.124 e. The molecule has 1 saturated heterocycles. The van der Waals surface area contributed by atoms with Crippen LogP contribution in [0.15, 0.2) is 48.5 Å². The van der Waals surface area contributed by atoms with E-state index in [1.165, 1.54) is 0 Å². The zero-order chi connectivity index (χ0) is 15.9. The molecule has 3 rings (SSSR count). The molecule has 1 fully saturated rings. The Balaban J connectivity index is 1.58. The smallest absolute Gasteiger partial charge is 0.124 e. The highest BCUT2D eigenvalue weighted by Crippen LogP contribution is 2.24. The maximum atomic E-state index is 6.13. The first-order chi connectivity index (χ1) is 11.3. The molecule has 0 aliphatic carbocycles. The third-order valence-corrected chi connectivity index (χ3v) is 4.21. The van der Waals surface area contributed by atoms with Crippen molar-refractivity contribution < 1.29 is 9.47 Å². The number of hydrogen-bond acceptors (Lipinski definition) is 3. The van der Waals surface area contributed by atoms with E-state index in [0.717, 1.165) is 54.4 Å².